The average Bonchev–Trinajstić information content (AvgIpc) is 3.90. The fraction of sp³-hybridized carbons (Fsp3) is 0.761. The highest BCUT2D eigenvalue weighted by Gasteiger charge is 2.35. The maximum absolute atomic E-state index is 12.7. The second kappa shape index (κ2) is 35.0. The van der Waals surface area contributed by atoms with Crippen LogP contribution in [0, 0.1) is 0 Å². The van der Waals surface area contributed by atoms with Gasteiger partial charge in [-0.25, -0.2) is 0 Å². The molecule has 10 heteroatoms. The molecule has 56 heavy (non-hydrogen) atoms. The van der Waals surface area contributed by atoms with Gasteiger partial charge in [-0.05, 0) is 63.9 Å². The standard InChI is InChI=1S/C46H82NO8P/c1-6-8-10-11-12-13-14-15-16-17-18-21-24-27-30-34-39-51-41-43(42-53-56(49,50)52-40-38-47(3,4)5)54-46(48)37-33-29-26-23-20-19-22-25-28-32-36-45-44(55-45)35-31-9-7-2/h9,19,22-23,26,28,31-32,34,39,43-45H,6-8,10-18,20-21,24-25,27,29-30,33,35-38,40-42H2,1-5H3/b22-19-,26-23-,31-9-,32-28-,39-34-. The van der Waals surface area contributed by atoms with Crippen LogP contribution < -0.4 is 4.89 Å². The summed E-state index contributed by atoms with van der Waals surface area (Å²) in [5, 5.41) is 0. The normalized spacial score (nSPS) is 17.9. The number of nitrogens with zero attached hydrogens (tertiary/aromatic N) is 1. The first-order valence-electron chi connectivity index (χ1n) is 22.2. The predicted molar refractivity (Wildman–Crippen MR) is 230 cm³/mol. The zero-order chi connectivity index (χ0) is 41.0. The summed E-state index contributed by atoms with van der Waals surface area (Å²) in [4.78, 5) is 25.0. The van der Waals surface area contributed by atoms with Crippen LogP contribution in [0.3, 0.4) is 0 Å². The van der Waals surface area contributed by atoms with E-state index in [-0.39, 0.29) is 26.2 Å². The first kappa shape index (κ1) is 52.0. The summed E-state index contributed by atoms with van der Waals surface area (Å²) in [7, 11) is 1.28. The third-order valence-corrected chi connectivity index (χ3v) is 10.5. The Morgan fingerprint density at radius 2 is 1.21 bits per heavy atom. The van der Waals surface area contributed by atoms with Gasteiger partial charge in [-0.15, -0.1) is 0 Å². The molecule has 324 valence electrons. The molecule has 1 fully saturated rings. The van der Waals surface area contributed by atoms with Gasteiger partial charge in [0, 0.05) is 6.42 Å². The summed E-state index contributed by atoms with van der Waals surface area (Å²) in [5.74, 6) is -0.416. The minimum atomic E-state index is -4.56. The minimum absolute atomic E-state index is 0.00176. The van der Waals surface area contributed by atoms with Crippen LogP contribution in [-0.2, 0) is 32.6 Å². The number of carbonyl (C=O) groups is 1. The maximum atomic E-state index is 12.7. The molecule has 0 radical (unpaired) electrons. The molecule has 4 unspecified atom stereocenters. The number of rotatable bonds is 39. The molecule has 1 aliphatic rings. The van der Waals surface area contributed by atoms with Gasteiger partial charge in [0.05, 0.1) is 46.2 Å². The molecule has 0 aliphatic carbocycles. The van der Waals surface area contributed by atoms with Crippen molar-refractivity contribution in [2.24, 2.45) is 0 Å². The number of quaternary nitrogens is 1. The summed E-state index contributed by atoms with van der Waals surface area (Å²) >= 11 is 0. The van der Waals surface area contributed by atoms with Gasteiger partial charge >= 0.3 is 5.97 Å². The fourth-order valence-electron chi connectivity index (χ4n) is 6.00. The van der Waals surface area contributed by atoms with Crippen LogP contribution in [0.25, 0.3) is 0 Å². The van der Waals surface area contributed by atoms with Crippen LogP contribution in [0.1, 0.15) is 162 Å². The first-order valence-corrected chi connectivity index (χ1v) is 23.6. The molecule has 1 heterocycles. The molecule has 0 bridgehead atoms. The van der Waals surface area contributed by atoms with Crippen LogP contribution in [0.15, 0.2) is 60.9 Å². The van der Waals surface area contributed by atoms with Gasteiger partial charge < -0.3 is 32.6 Å². The molecule has 0 amide bonds. The van der Waals surface area contributed by atoms with E-state index in [1.165, 1.54) is 83.5 Å². The zero-order valence-corrected chi connectivity index (χ0v) is 37.2. The molecular formula is C46H82NO8P. The van der Waals surface area contributed by atoms with Crippen LogP contribution in [0.4, 0.5) is 0 Å². The van der Waals surface area contributed by atoms with Crippen molar-refractivity contribution in [2.45, 2.75) is 180 Å². The van der Waals surface area contributed by atoms with E-state index in [2.05, 4.69) is 62.5 Å². The van der Waals surface area contributed by atoms with Gasteiger partial charge in [0.2, 0.25) is 0 Å². The quantitative estimate of drug-likeness (QED) is 0.0115. The van der Waals surface area contributed by atoms with E-state index in [0.29, 0.717) is 29.7 Å². The number of ether oxygens (including phenoxy) is 3. The minimum Gasteiger partial charge on any atom is -0.756 e. The zero-order valence-electron chi connectivity index (χ0n) is 36.3. The van der Waals surface area contributed by atoms with Crippen molar-refractivity contribution in [3.8, 4) is 0 Å². The van der Waals surface area contributed by atoms with Crippen molar-refractivity contribution in [1.82, 2.24) is 0 Å². The molecule has 0 spiro atoms. The molecular weight excluding hydrogens is 725 g/mol. The second-order valence-electron chi connectivity index (χ2n) is 16.1. The largest absolute Gasteiger partial charge is 0.756 e. The number of allylic oxidation sites excluding steroid dienone is 7. The lowest BCUT2D eigenvalue weighted by atomic mass is 10.0. The number of hydrogen-bond donors (Lipinski definition) is 0. The SMILES string of the molecule is CC/C=C\CC1OC1C/C=C\C/C=C\C/C=C\CCCC(=O)OC(CO/C=C\CCCCCCCCCCCCCCCC)COP(=O)([O-])OCC[N+](C)(C)C. The molecule has 1 rings (SSSR count). The molecule has 9 nitrogen and oxygen atoms in total. The molecule has 0 aromatic heterocycles. The Labute approximate surface area is 343 Å². The third-order valence-electron chi connectivity index (χ3n) is 9.55. The van der Waals surface area contributed by atoms with Gasteiger partial charge in [0.25, 0.3) is 7.82 Å². The lowest BCUT2D eigenvalue weighted by Gasteiger charge is -2.28. The van der Waals surface area contributed by atoms with E-state index in [1.807, 2.05) is 27.2 Å². The Bertz CT molecular complexity index is 1140. The van der Waals surface area contributed by atoms with Gasteiger partial charge in [-0.1, -0.05) is 146 Å². The number of likely N-dealkylation sites (N-methyl/N-ethyl adjacent to an activating group) is 1. The molecule has 1 saturated heterocycles. The van der Waals surface area contributed by atoms with E-state index >= 15 is 0 Å². The van der Waals surface area contributed by atoms with Crippen LogP contribution in [0.2, 0.25) is 0 Å². The van der Waals surface area contributed by atoms with Crippen molar-refractivity contribution in [2.75, 3.05) is 47.5 Å². The summed E-state index contributed by atoms with van der Waals surface area (Å²) in [6.45, 7) is 4.54. The van der Waals surface area contributed by atoms with Gasteiger partial charge in [-0.2, -0.15) is 0 Å². The maximum Gasteiger partial charge on any atom is 0.306 e. The third kappa shape index (κ3) is 35.2. The monoisotopic (exact) mass is 808 g/mol. The topological polar surface area (TPSA) is 107 Å². The lowest BCUT2D eigenvalue weighted by molar-refractivity contribution is -0.870. The Morgan fingerprint density at radius 3 is 1.80 bits per heavy atom. The van der Waals surface area contributed by atoms with Crippen molar-refractivity contribution in [1.29, 1.82) is 0 Å². The molecule has 0 aromatic carbocycles. The fourth-order valence-corrected chi connectivity index (χ4v) is 6.73. The molecule has 0 aromatic rings. The Morgan fingerprint density at radius 1 is 0.679 bits per heavy atom. The summed E-state index contributed by atoms with van der Waals surface area (Å²) in [6, 6.07) is 0. The number of phosphoric ester groups is 1. The molecule has 0 saturated carbocycles. The van der Waals surface area contributed by atoms with E-state index in [9.17, 15) is 14.3 Å². The van der Waals surface area contributed by atoms with E-state index in [4.69, 9.17) is 23.3 Å². The van der Waals surface area contributed by atoms with E-state index in [1.54, 1.807) is 6.26 Å². The molecule has 0 N–H and O–H groups in total. The highest BCUT2D eigenvalue weighted by molar-refractivity contribution is 7.45. The summed E-state index contributed by atoms with van der Waals surface area (Å²) in [5.41, 5.74) is 0. The van der Waals surface area contributed by atoms with E-state index < -0.39 is 19.9 Å². The Balaban J connectivity index is 2.28. The van der Waals surface area contributed by atoms with Crippen molar-refractivity contribution < 1.29 is 42.0 Å². The lowest BCUT2D eigenvalue weighted by Crippen LogP contribution is -2.37. The molecule has 4 atom stereocenters. The number of hydrogen-bond acceptors (Lipinski definition) is 8. The smallest absolute Gasteiger partial charge is 0.306 e. The molecule has 1 aliphatic heterocycles. The number of epoxide rings is 1. The van der Waals surface area contributed by atoms with Crippen LogP contribution in [0.5, 0.6) is 0 Å². The number of esters is 1. The van der Waals surface area contributed by atoms with Gasteiger partial charge in [0.15, 0.2) is 6.10 Å². The van der Waals surface area contributed by atoms with Crippen molar-refractivity contribution >= 4 is 13.8 Å². The van der Waals surface area contributed by atoms with Gasteiger partial charge in [-0.3, -0.25) is 9.36 Å². The number of carbonyl (C=O) groups excluding carboxylic acids is 1. The van der Waals surface area contributed by atoms with Gasteiger partial charge in [0.1, 0.15) is 19.8 Å². The van der Waals surface area contributed by atoms with Crippen LogP contribution in [-0.4, -0.2) is 76.3 Å². The van der Waals surface area contributed by atoms with Crippen LogP contribution >= 0.6 is 7.82 Å². The predicted octanol–water partition coefficient (Wildman–Crippen LogP) is 11.6. The number of unbranched alkanes of at least 4 members (excludes halogenated alkanes) is 15. The first-order chi connectivity index (χ1) is 27.1. The Hall–Kier alpha value is -2.00. The van der Waals surface area contributed by atoms with E-state index in [0.717, 1.165) is 51.4 Å². The highest BCUT2D eigenvalue weighted by atomic mass is 31.2. The number of phosphoric acid groups is 1. The Kier molecular flexibility index (Phi) is 32.5. The highest BCUT2D eigenvalue weighted by Crippen LogP contribution is 2.38. The average molecular weight is 808 g/mol. The van der Waals surface area contributed by atoms with Crippen molar-refractivity contribution in [3.05, 3.63) is 60.9 Å². The second-order valence-corrected chi connectivity index (χ2v) is 17.5. The summed E-state index contributed by atoms with van der Waals surface area (Å²) < 4.78 is 40.0. The van der Waals surface area contributed by atoms with Crippen molar-refractivity contribution in [3.63, 3.8) is 0 Å². The summed E-state index contributed by atoms with van der Waals surface area (Å²) in [6.07, 6.45) is 46.6.